The van der Waals surface area contributed by atoms with E-state index in [4.69, 9.17) is 9.47 Å². The predicted molar refractivity (Wildman–Crippen MR) is 92.5 cm³/mol. The molecule has 0 spiro atoms. The van der Waals surface area contributed by atoms with Crippen LogP contribution >= 0.6 is 0 Å². The minimum Gasteiger partial charge on any atom is -0.479 e. The van der Waals surface area contributed by atoms with E-state index in [0.29, 0.717) is 11.3 Å². The zero-order valence-corrected chi connectivity index (χ0v) is 14.3. The molecule has 6 nitrogen and oxygen atoms in total. The van der Waals surface area contributed by atoms with Gasteiger partial charge >= 0.3 is 5.97 Å². The molecule has 7 heteroatoms. The van der Waals surface area contributed by atoms with Gasteiger partial charge in [-0.3, -0.25) is 9.59 Å². The third-order valence-corrected chi connectivity index (χ3v) is 3.40. The highest BCUT2D eigenvalue weighted by atomic mass is 19.1. The third kappa shape index (κ3) is 5.41. The highest BCUT2D eigenvalue weighted by Gasteiger charge is 2.19. The first kappa shape index (κ1) is 19.1. The van der Waals surface area contributed by atoms with Crippen molar-refractivity contribution in [3.8, 4) is 5.75 Å². The number of carbonyl (C=O) groups excluding carboxylic acids is 3. The molecular formula is C19H18FNO5. The Morgan fingerprint density at radius 1 is 1.12 bits per heavy atom. The molecule has 0 saturated carbocycles. The molecule has 0 aliphatic carbocycles. The fourth-order valence-corrected chi connectivity index (χ4v) is 2.04. The van der Waals surface area contributed by atoms with Gasteiger partial charge in [0.05, 0.1) is 0 Å². The molecule has 0 radical (unpaired) electrons. The van der Waals surface area contributed by atoms with Crippen LogP contribution in [0.3, 0.4) is 0 Å². The van der Waals surface area contributed by atoms with Crippen LogP contribution in [0.5, 0.6) is 5.75 Å². The summed E-state index contributed by atoms with van der Waals surface area (Å²) in [5, 5.41) is 2.56. The summed E-state index contributed by atoms with van der Waals surface area (Å²) < 4.78 is 23.4. The number of halogens is 1. The molecule has 2 aromatic rings. The number of esters is 1. The number of Topliss-reactive ketones (excluding diaryl/α,β-unsaturated/α-hetero) is 1. The van der Waals surface area contributed by atoms with Crippen LogP contribution in [0.2, 0.25) is 0 Å². The second-order valence-corrected chi connectivity index (χ2v) is 5.48. The molecule has 136 valence electrons. The van der Waals surface area contributed by atoms with E-state index in [-0.39, 0.29) is 11.5 Å². The van der Waals surface area contributed by atoms with Crippen molar-refractivity contribution in [1.82, 2.24) is 0 Å². The van der Waals surface area contributed by atoms with Gasteiger partial charge in [-0.25, -0.2) is 9.18 Å². The standard InChI is InChI=1S/C19H18FNO5/c1-12(22)14-6-5-7-15(10-14)21-19(24)13(2)26-18(23)11-25-17-9-4-3-8-16(17)20/h3-10,13H,11H2,1-2H3,(H,21,24)/t13-/m0/s1. The van der Waals surface area contributed by atoms with Crippen molar-refractivity contribution in [1.29, 1.82) is 0 Å². The fourth-order valence-electron chi connectivity index (χ4n) is 2.04. The van der Waals surface area contributed by atoms with Crippen molar-refractivity contribution in [2.24, 2.45) is 0 Å². The van der Waals surface area contributed by atoms with Crippen molar-refractivity contribution in [2.75, 3.05) is 11.9 Å². The number of hydrogen-bond donors (Lipinski definition) is 1. The van der Waals surface area contributed by atoms with Gasteiger partial charge in [-0.05, 0) is 38.1 Å². The minimum absolute atomic E-state index is 0.0809. The summed E-state index contributed by atoms with van der Waals surface area (Å²) in [6.07, 6.45) is -1.09. The van der Waals surface area contributed by atoms with E-state index in [0.717, 1.165) is 0 Å². The first-order valence-corrected chi connectivity index (χ1v) is 7.85. The van der Waals surface area contributed by atoms with E-state index in [2.05, 4.69) is 5.32 Å². The Morgan fingerprint density at radius 2 is 1.85 bits per heavy atom. The van der Waals surface area contributed by atoms with Crippen molar-refractivity contribution >= 4 is 23.3 Å². The lowest BCUT2D eigenvalue weighted by Crippen LogP contribution is -2.31. The van der Waals surface area contributed by atoms with Crippen LogP contribution in [0.4, 0.5) is 10.1 Å². The van der Waals surface area contributed by atoms with Gasteiger partial charge < -0.3 is 14.8 Å². The molecule has 1 atom stereocenters. The number of carbonyl (C=O) groups is 3. The lowest BCUT2D eigenvalue weighted by Gasteiger charge is -2.14. The van der Waals surface area contributed by atoms with Gasteiger partial charge in [-0.15, -0.1) is 0 Å². The van der Waals surface area contributed by atoms with Gasteiger partial charge in [-0.1, -0.05) is 24.3 Å². The van der Waals surface area contributed by atoms with Crippen LogP contribution in [0, 0.1) is 5.82 Å². The van der Waals surface area contributed by atoms with Gasteiger partial charge in [0.2, 0.25) is 0 Å². The second-order valence-electron chi connectivity index (χ2n) is 5.48. The number of hydrogen-bond acceptors (Lipinski definition) is 5. The van der Waals surface area contributed by atoms with Crippen molar-refractivity contribution in [2.45, 2.75) is 20.0 Å². The lowest BCUT2D eigenvalue weighted by molar-refractivity contribution is -0.155. The zero-order valence-electron chi connectivity index (χ0n) is 14.3. The minimum atomic E-state index is -1.09. The Labute approximate surface area is 149 Å². The van der Waals surface area contributed by atoms with Gasteiger partial charge in [0, 0.05) is 11.3 Å². The summed E-state index contributed by atoms with van der Waals surface area (Å²) in [5.74, 6) is -2.19. The van der Waals surface area contributed by atoms with Gasteiger partial charge in [0.1, 0.15) is 0 Å². The number of nitrogens with one attached hydrogen (secondary N) is 1. The van der Waals surface area contributed by atoms with E-state index >= 15 is 0 Å². The van der Waals surface area contributed by atoms with Crippen LogP contribution in [-0.4, -0.2) is 30.4 Å². The molecule has 1 amide bonds. The van der Waals surface area contributed by atoms with E-state index in [1.54, 1.807) is 24.3 Å². The molecule has 0 saturated heterocycles. The van der Waals surface area contributed by atoms with Gasteiger partial charge in [0.15, 0.2) is 30.1 Å². The molecule has 0 fully saturated rings. The first-order valence-electron chi connectivity index (χ1n) is 7.85. The van der Waals surface area contributed by atoms with E-state index in [1.807, 2.05) is 0 Å². The van der Waals surface area contributed by atoms with Gasteiger partial charge in [0.25, 0.3) is 5.91 Å². The summed E-state index contributed by atoms with van der Waals surface area (Å²) in [5.41, 5.74) is 0.860. The Balaban J connectivity index is 1.86. The Kier molecular flexibility index (Phi) is 6.43. The first-order chi connectivity index (χ1) is 12.4. The molecule has 0 aromatic heterocycles. The highest BCUT2D eigenvalue weighted by Crippen LogP contribution is 2.15. The van der Waals surface area contributed by atoms with Crippen molar-refractivity contribution < 1.29 is 28.2 Å². The SMILES string of the molecule is CC(=O)c1cccc(NC(=O)[C@H](C)OC(=O)COc2ccccc2F)c1. The van der Waals surface area contributed by atoms with E-state index in [9.17, 15) is 18.8 Å². The topological polar surface area (TPSA) is 81.7 Å². The Hall–Kier alpha value is -3.22. The van der Waals surface area contributed by atoms with Crippen LogP contribution in [0.1, 0.15) is 24.2 Å². The normalized spacial score (nSPS) is 11.3. The van der Waals surface area contributed by atoms with Crippen LogP contribution in [-0.2, 0) is 14.3 Å². The van der Waals surface area contributed by atoms with Crippen LogP contribution in [0.15, 0.2) is 48.5 Å². The molecule has 0 aliphatic rings. The Morgan fingerprint density at radius 3 is 2.54 bits per heavy atom. The summed E-state index contributed by atoms with van der Waals surface area (Å²) in [4.78, 5) is 35.2. The molecule has 1 N–H and O–H groups in total. The quantitative estimate of drug-likeness (QED) is 0.607. The summed E-state index contributed by atoms with van der Waals surface area (Å²) in [6, 6.07) is 12.0. The zero-order chi connectivity index (χ0) is 19.1. The lowest BCUT2D eigenvalue weighted by atomic mass is 10.1. The molecular weight excluding hydrogens is 341 g/mol. The van der Waals surface area contributed by atoms with E-state index < -0.39 is 30.4 Å². The molecule has 0 unspecified atom stereocenters. The summed E-state index contributed by atoms with van der Waals surface area (Å²) in [6.45, 7) is 2.28. The van der Waals surface area contributed by atoms with E-state index in [1.165, 1.54) is 38.1 Å². The maximum Gasteiger partial charge on any atom is 0.344 e. The number of benzene rings is 2. The maximum absolute atomic E-state index is 13.4. The van der Waals surface area contributed by atoms with Crippen LogP contribution < -0.4 is 10.1 Å². The molecule has 0 heterocycles. The van der Waals surface area contributed by atoms with Gasteiger partial charge in [-0.2, -0.15) is 0 Å². The number of rotatable bonds is 7. The average Bonchev–Trinajstić information content (AvgIpc) is 2.61. The summed E-state index contributed by atoms with van der Waals surface area (Å²) >= 11 is 0. The summed E-state index contributed by atoms with van der Waals surface area (Å²) in [7, 11) is 0. The average molecular weight is 359 g/mol. The fraction of sp³-hybridized carbons (Fsp3) is 0.211. The Bertz CT molecular complexity index is 821. The number of amides is 1. The van der Waals surface area contributed by atoms with Crippen molar-refractivity contribution in [3.05, 3.63) is 59.9 Å². The molecule has 2 rings (SSSR count). The molecule has 2 aromatic carbocycles. The molecule has 26 heavy (non-hydrogen) atoms. The highest BCUT2D eigenvalue weighted by molar-refractivity contribution is 5.98. The predicted octanol–water partition coefficient (Wildman–Crippen LogP) is 2.98. The molecule has 0 aliphatic heterocycles. The largest absolute Gasteiger partial charge is 0.479 e. The smallest absolute Gasteiger partial charge is 0.344 e. The van der Waals surface area contributed by atoms with Crippen molar-refractivity contribution in [3.63, 3.8) is 0 Å². The molecule has 0 bridgehead atoms. The van der Waals surface area contributed by atoms with Crippen LogP contribution in [0.25, 0.3) is 0 Å². The maximum atomic E-state index is 13.4. The third-order valence-electron chi connectivity index (χ3n) is 3.40. The number of ether oxygens (including phenoxy) is 2. The number of para-hydroxylation sites is 1. The number of ketones is 1. The number of anilines is 1. The second kappa shape index (κ2) is 8.75. The monoisotopic (exact) mass is 359 g/mol.